The van der Waals surface area contributed by atoms with Crippen LogP contribution in [-0.4, -0.2) is 79.7 Å². The molecule has 1 aliphatic carbocycles. The third-order valence-corrected chi connectivity index (χ3v) is 12.3. The second kappa shape index (κ2) is 11.9. The normalized spacial score (nSPS) is 23.4. The summed E-state index contributed by atoms with van der Waals surface area (Å²) in [5, 5.41) is 4.20. The molecule has 5 atom stereocenters. The summed E-state index contributed by atoms with van der Waals surface area (Å²) in [6, 6.07) is 0. The second-order valence-corrected chi connectivity index (χ2v) is 14.5. The van der Waals surface area contributed by atoms with Crippen LogP contribution in [-0.2, 0) is 32.0 Å². The first kappa shape index (κ1) is 28.8. The van der Waals surface area contributed by atoms with Crippen molar-refractivity contribution >= 4 is 38.3 Å². The highest BCUT2D eigenvalue weighted by Gasteiger charge is 2.39. The van der Waals surface area contributed by atoms with Gasteiger partial charge in [-0.15, -0.1) is 5.10 Å². The van der Waals surface area contributed by atoms with E-state index in [0.29, 0.717) is 23.3 Å². The van der Waals surface area contributed by atoms with E-state index in [0.717, 1.165) is 20.2 Å². The lowest BCUT2D eigenvalue weighted by Gasteiger charge is -2.23. The van der Waals surface area contributed by atoms with Gasteiger partial charge in [-0.3, -0.25) is 9.13 Å². The lowest BCUT2D eigenvalue weighted by molar-refractivity contribution is 0.0290. The van der Waals surface area contributed by atoms with Gasteiger partial charge in [0.2, 0.25) is 5.28 Å². The highest BCUT2D eigenvalue weighted by atomic mass is 35.5. The van der Waals surface area contributed by atoms with Crippen molar-refractivity contribution in [1.82, 2.24) is 19.6 Å². The van der Waals surface area contributed by atoms with Gasteiger partial charge < -0.3 is 27.7 Å². The summed E-state index contributed by atoms with van der Waals surface area (Å²) >= 11 is 6.23. The van der Waals surface area contributed by atoms with E-state index in [-0.39, 0.29) is 24.0 Å². The van der Waals surface area contributed by atoms with E-state index in [1.165, 1.54) is 51.3 Å². The van der Waals surface area contributed by atoms with E-state index in [1.54, 1.807) is 0 Å². The molecular weight excluding hydrogens is 551 g/mol. The van der Waals surface area contributed by atoms with Crippen LogP contribution < -0.4 is 4.90 Å². The van der Waals surface area contributed by atoms with Crippen LogP contribution in [0.5, 0.6) is 0 Å². The molecule has 2 aromatic rings. The van der Waals surface area contributed by atoms with Crippen molar-refractivity contribution in [1.29, 1.82) is 0 Å². The van der Waals surface area contributed by atoms with Crippen LogP contribution in [0.1, 0.15) is 37.5 Å². The Morgan fingerprint density at radius 3 is 2.35 bits per heavy atom. The van der Waals surface area contributed by atoms with Crippen molar-refractivity contribution < 1.29 is 36.4 Å². The number of methoxy groups -OCH3 is 1. The Bertz CT molecular complexity index is 1170. The smallest absolute Gasteiger partial charge is 0.342 e. The van der Waals surface area contributed by atoms with Gasteiger partial charge in [-0.2, -0.15) is 4.98 Å². The maximum absolute atomic E-state index is 15.5. The number of rotatable bonds is 13. The Labute approximate surface area is 220 Å². The van der Waals surface area contributed by atoms with Crippen LogP contribution in [0, 0.1) is 11.8 Å². The molecular formula is C21H33ClFN5O7P2. The summed E-state index contributed by atoms with van der Waals surface area (Å²) in [7, 11) is -2.68. The molecule has 0 bridgehead atoms. The second-order valence-electron chi connectivity index (χ2n) is 9.25. The molecule has 0 radical (unpaired) electrons. The fraction of sp³-hybridized carbons (Fsp3) is 0.762. The fourth-order valence-electron chi connectivity index (χ4n) is 5.03. The molecule has 3 heterocycles. The molecule has 0 spiro atoms. The molecule has 1 saturated heterocycles. The number of ether oxygens (including phenoxy) is 1. The third kappa shape index (κ3) is 6.36. The van der Waals surface area contributed by atoms with Gasteiger partial charge in [0.15, 0.2) is 17.4 Å². The van der Waals surface area contributed by atoms with Crippen molar-refractivity contribution in [3.63, 3.8) is 0 Å². The number of fused-ring (bicyclic) bond motifs is 2. The number of alkyl halides is 1. The average Bonchev–Trinajstić information content (AvgIpc) is 3.61. The average molecular weight is 584 g/mol. The van der Waals surface area contributed by atoms with Gasteiger partial charge in [0, 0.05) is 47.9 Å². The van der Waals surface area contributed by atoms with Crippen LogP contribution in [0.2, 0.25) is 5.28 Å². The van der Waals surface area contributed by atoms with Crippen LogP contribution >= 0.6 is 26.8 Å². The molecule has 37 heavy (non-hydrogen) atoms. The first-order valence-electron chi connectivity index (χ1n) is 12.0. The summed E-state index contributed by atoms with van der Waals surface area (Å²) in [5.74, 6) is 1.26. The monoisotopic (exact) mass is 583 g/mol. The molecule has 12 nitrogen and oxygen atoms in total. The molecule has 2 aliphatic rings. The molecule has 0 amide bonds. The van der Waals surface area contributed by atoms with Gasteiger partial charge in [0.1, 0.15) is 6.17 Å². The molecule has 16 heteroatoms. The van der Waals surface area contributed by atoms with Gasteiger partial charge in [-0.1, -0.05) is 6.42 Å². The van der Waals surface area contributed by atoms with E-state index in [4.69, 9.17) is 34.4 Å². The number of halogens is 2. The Hall–Kier alpha value is -1.17. The maximum Gasteiger partial charge on any atom is 0.342 e. The van der Waals surface area contributed by atoms with Crippen molar-refractivity contribution in [3.05, 3.63) is 17.2 Å². The van der Waals surface area contributed by atoms with E-state index in [9.17, 15) is 9.13 Å². The Balaban J connectivity index is 1.47. The predicted molar refractivity (Wildman–Crippen MR) is 135 cm³/mol. The first-order chi connectivity index (χ1) is 17.6. The minimum Gasteiger partial charge on any atom is -0.379 e. The summed E-state index contributed by atoms with van der Waals surface area (Å²) in [6.45, 7) is 1.46. The predicted octanol–water partition coefficient (Wildman–Crippen LogP) is 4.73. The van der Waals surface area contributed by atoms with Crippen LogP contribution in [0.4, 0.5) is 10.2 Å². The standard InChI is InChI=1S/C21H33ClFN5O7P2/c1-31-16(12-35-37(30,34-4)13-36(29,32-2)33-3)8-17(23)18-9-24-19-20(25-21(22)26-28(18)19)27-10-14-6-5-7-15(14)11-27/h9,14-17H,5-8,10-13H2,1-4H3/t14?,15?,16-,17-,37?/m0/s1. The summed E-state index contributed by atoms with van der Waals surface area (Å²) in [6.07, 6.45) is 2.52. The summed E-state index contributed by atoms with van der Waals surface area (Å²) < 4.78 is 67.6. The first-order valence-corrected chi connectivity index (χ1v) is 15.8. The largest absolute Gasteiger partial charge is 0.379 e. The van der Waals surface area contributed by atoms with Gasteiger partial charge >= 0.3 is 15.2 Å². The van der Waals surface area contributed by atoms with E-state index in [2.05, 4.69) is 20.0 Å². The third-order valence-electron chi connectivity index (χ3n) is 7.13. The topological polar surface area (TPSA) is 127 Å². The molecule has 208 valence electrons. The number of hydrogen-bond acceptors (Lipinski definition) is 11. The Morgan fingerprint density at radius 1 is 1.11 bits per heavy atom. The van der Waals surface area contributed by atoms with Crippen LogP contribution in [0.25, 0.3) is 5.65 Å². The molecule has 2 fully saturated rings. The zero-order valence-electron chi connectivity index (χ0n) is 21.3. The van der Waals surface area contributed by atoms with Gasteiger partial charge in [0.05, 0.1) is 24.6 Å². The number of imidazole rings is 1. The molecule has 1 saturated carbocycles. The minimum absolute atomic E-state index is 0.000571. The molecule has 0 N–H and O–H groups in total. The van der Waals surface area contributed by atoms with Crippen molar-refractivity contribution in [2.45, 2.75) is 38.0 Å². The van der Waals surface area contributed by atoms with E-state index >= 15 is 4.39 Å². The highest BCUT2D eigenvalue weighted by Crippen LogP contribution is 2.63. The minimum atomic E-state index is -3.87. The molecule has 3 unspecified atom stereocenters. The zero-order valence-corrected chi connectivity index (χ0v) is 23.8. The molecule has 0 aromatic carbocycles. The van der Waals surface area contributed by atoms with Crippen LogP contribution in [0.3, 0.4) is 0 Å². The summed E-state index contributed by atoms with van der Waals surface area (Å²) in [5.41, 5.74) is 0.617. The van der Waals surface area contributed by atoms with Gasteiger partial charge in [-0.25, -0.2) is 13.9 Å². The molecule has 1 aliphatic heterocycles. The molecule has 4 rings (SSSR count). The lowest BCUT2D eigenvalue weighted by Crippen LogP contribution is -2.24. The number of aromatic nitrogens is 4. The van der Waals surface area contributed by atoms with Crippen molar-refractivity contribution in [2.24, 2.45) is 11.8 Å². The Morgan fingerprint density at radius 2 is 1.76 bits per heavy atom. The Kier molecular flexibility index (Phi) is 9.29. The molecule has 2 aromatic heterocycles. The quantitative estimate of drug-likeness (QED) is 0.304. The van der Waals surface area contributed by atoms with Crippen LogP contribution in [0.15, 0.2) is 6.20 Å². The number of anilines is 1. The van der Waals surface area contributed by atoms with E-state index in [1.807, 2.05) is 0 Å². The zero-order chi connectivity index (χ0) is 26.8. The van der Waals surface area contributed by atoms with Gasteiger partial charge in [0.25, 0.3) is 0 Å². The number of hydrogen-bond donors (Lipinski definition) is 0. The van der Waals surface area contributed by atoms with Crippen molar-refractivity contribution in [2.75, 3.05) is 58.9 Å². The lowest BCUT2D eigenvalue weighted by atomic mass is 10.0. The number of nitrogens with zero attached hydrogens (tertiary/aromatic N) is 5. The van der Waals surface area contributed by atoms with Crippen molar-refractivity contribution in [3.8, 4) is 0 Å². The van der Waals surface area contributed by atoms with Gasteiger partial charge in [-0.05, 0) is 36.3 Å². The fourth-order valence-corrected chi connectivity index (χ4v) is 9.24. The SMILES string of the molecule is CO[C@H](COP(=O)(CP(=O)(OC)OC)OC)C[C@H](F)c1cnc2c(N3CC4CCCC4C3)nc(Cl)nn12. The van der Waals surface area contributed by atoms with E-state index < -0.39 is 33.4 Å². The summed E-state index contributed by atoms with van der Waals surface area (Å²) in [4.78, 5) is 11.0. The highest BCUT2D eigenvalue weighted by molar-refractivity contribution is 7.71. The maximum atomic E-state index is 15.5.